The minimum atomic E-state index is 0.686. The van der Waals surface area contributed by atoms with Gasteiger partial charge in [-0.05, 0) is 26.4 Å². The summed E-state index contributed by atoms with van der Waals surface area (Å²) in [7, 11) is 4.37. The van der Waals surface area contributed by atoms with Crippen molar-refractivity contribution in [3.63, 3.8) is 0 Å². The minimum Gasteiger partial charge on any atom is -0.362 e. The normalized spacial score (nSPS) is 24.3. The molecule has 2 atom stereocenters. The maximum absolute atomic E-state index is 4.44. The van der Waals surface area contributed by atoms with E-state index >= 15 is 0 Å². The monoisotopic (exact) mass is 282 g/mol. The van der Waals surface area contributed by atoms with E-state index in [1.54, 1.807) is 11.3 Å². The first-order chi connectivity index (χ1) is 9.10. The number of hydrogen-bond donors (Lipinski definition) is 1. The van der Waals surface area contributed by atoms with Gasteiger partial charge in [0.2, 0.25) is 0 Å². The molecule has 2 unspecified atom stereocenters. The Bertz CT molecular complexity index is 391. The van der Waals surface area contributed by atoms with Gasteiger partial charge in [0.1, 0.15) is 0 Å². The van der Waals surface area contributed by atoms with Gasteiger partial charge in [0.05, 0.1) is 0 Å². The number of likely N-dealkylation sites (N-methyl/N-ethyl adjacent to an activating group) is 1. The predicted molar refractivity (Wildman–Crippen MR) is 82.8 cm³/mol. The van der Waals surface area contributed by atoms with Gasteiger partial charge >= 0.3 is 0 Å². The number of likely N-dealkylation sites (tertiary alicyclic amines) is 1. The number of nitrogens with zero attached hydrogens (tertiary/aromatic N) is 3. The van der Waals surface area contributed by atoms with E-state index in [9.17, 15) is 0 Å². The molecule has 19 heavy (non-hydrogen) atoms. The van der Waals surface area contributed by atoms with Crippen molar-refractivity contribution >= 4 is 16.5 Å². The van der Waals surface area contributed by atoms with Crippen LogP contribution in [0.5, 0.6) is 0 Å². The Balaban J connectivity index is 1.86. The molecule has 0 amide bonds. The number of anilines is 1. The first-order valence-electron chi connectivity index (χ1n) is 7.17. The Kier molecular flexibility index (Phi) is 5.19. The van der Waals surface area contributed by atoms with Crippen LogP contribution in [0.1, 0.15) is 25.1 Å². The van der Waals surface area contributed by atoms with E-state index in [-0.39, 0.29) is 0 Å². The topological polar surface area (TPSA) is 31.4 Å². The van der Waals surface area contributed by atoms with Crippen LogP contribution < -0.4 is 5.32 Å². The van der Waals surface area contributed by atoms with Gasteiger partial charge < -0.3 is 10.2 Å². The number of hydrogen-bond acceptors (Lipinski definition) is 5. The Labute approximate surface area is 120 Å². The number of aromatic nitrogens is 1. The van der Waals surface area contributed by atoms with Crippen molar-refractivity contribution < 1.29 is 0 Å². The van der Waals surface area contributed by atoms with Crippen molar-refractivity contribution in [1.29, 1.82) is 0 Å². The minimum absolute atomic E-state index is 0.686. The summed E-state index contributed by atoms with van der Waals surface area (Å²) in [6.07, 6.45) is 3.17. The largest absolute Gasteiger partial charge is 0.362 e. The van der Waals surface area contributed by atoms with Crippen LogP contribution in [0.15, 0.2) is 6.20 Å². The summed E-state index contributed by atoms with van der Waals surface area (Å²) < 4.78 is 0. The van der Waals surface area contributed by atoms with Gasteiger partial charge in [-0.3, -0.25) is 4.90 Å². The summed E-state index contributed by atoms with van der Waals surface area (Å²) in [6, 6.07) is 0.686. The second-order valence-electron chi connectivity index (χ2n) is 5.76. The third kappa shape index (κ3) is 3.91. The zero-order valence-electron chi connectivity index (χ0n) is 12.5. The van der Waals surface area contributed by atoms with E-state index in [1.807, 2.05) is 6.20 Å². The van der Waals surface area contributed by atoms with Crippen LogP contribution >= 0.6 is 11.3 Å². The lowest BCUT2D eigenvalue weighted by Gasteiger charge is -2.22. The zero-order chi connectivity index (χ0) is 13.8. The molecule has 1 aliphatic heterocycles. The molecule has 0 radical (unpaired) electrons. The molecule has 4 nitrogen and oxygen atoms in total. The highest BCUT2D eigenvalue weighted by Gasteiger charge is 2.30. The van der Waals surface area contributed by atoms with E-state index in [2.05, 4.69) is 48.0 Å². The lowest BCUT2D eigenvalue weighted by molar-refractivity contribution is 0.250. The van der Waals surface area contributed by atoms with E-state index in [4.69, 9.17) is 0 Å². The van der Waals surface area contributed by atoms with Crippen molar-refractivity contribution in [1.82, 2.24) is 14.8 Å². The highest BCUT2D eigenvalue weighted by molar-refractivity contribution is 7.15. The second kappa shape index (κ2) is 6.68. The Morgan fingerprint density at radius 2 is 2.26 bits per heavy atom. The highest BCUT2D eigenvalue weighted by Crippen LogP contribution is 2.25. The molecule has 5 heteroatoms. The van der Waals surface area contributed by atoms with Crippen molar-refractivity contribution in [3.8, 4) is 0 Å². The zero-order valence-corrected chi connectivity index (χ0v) is 13.3. The number of nitrogens with one attached hydrogen (secondary N) is 1. The van der Waals surface area contributed by atoms with Crippen LogP contribution in [0.4, 0.5) is 5.13 Å². The second-order valence-corrected chi connectivity index (χ2v) is 6.88. The van der Waals surface area contributed by atoms with Crippen molar-refractivity contribution in [2.24, 2.45) is 5.92 Å². The van der Waals surface area contributed by atoms with E-state index in [0.29, 0.717) is 6.04 Å². The molecule has 1 aliphatic rings. The van der Waals surface area contributed by atoms with Crippen molar-refractivity contribution in [2.45, 2.75) is 32.9 Å². The fourth-order valence-corrected chi connectivity index (χ4v) is 3.64. The van der Waals surface area contributed by atoms with Gasteiger partial charge in [0.25, 0.3) is 0 Å². The maximum Gasteiger partial charge on any atom is 0.182 e. The first-order valence-corrected chi connectivity index (χ1v) is 7.99. The smallest absolute Gasteiger partial charge is 0.182 e. The van der Waals surface area contributed by atoms with Gasteiger partial charge in [0, 0.05) is 43.3 Å². The molecule has 2 rings (SSSR count). The average Bonchev–Trinajstić information content (AvgIpc) is 2.94. The van der Waals surface area contributed by atoms with Crippen LogP contribution in [0, 0.1) is 5.92 Å². The van der Waals surface area contributed by atoms with E-state index in [1.165, 1.54) is 18.0 Å². The Hall–Kier alpha value is -0.650. The molecule has 0 spiro atoms. The molecular formula is C14H26N4S. The molecule has 108 valence electrons. The Morgan fingerprint density at radius 1 is 1.47 bits per heavy atom. The van der Waals surface area contributed by atoms with Crippen molar-refractivity contribution in [3.05, 3.63) is 11.1 Å². The molecule has 1 aromatic rings. The number of thiazole rings is 1. The summed E-state index contributed by atoms with van der Waals surface area (Å²) in [5.74, 6) is 0.751. The van der Waals surface area contributed by atoms with E-state index in [0.717, 1.165) is 30.6 Å². The fraction of sp³-hybridized carbons (Fsp3) is 0.786. The molecule has 1 saturated heterocycles. The fourth-order valence-electron chi connectivity index (χ4n) is 2.76. The summed E-state index contributed by atoms with van der Waals surface area (Å²) >= 11 is 1.79. The SMILES string of the molecule is CCCNc1ncc(CN2CC(C)C(N(C)C)C2)s1. The van der Waals surface area contributed by atoms with Crippen LogP contribution in [0.3, 0.4) is 0 Å². The van der Waals surface area contributed by atoms with Crippen LogP contribution in [-0.2, 0) is 6.54 Å². The van der Waals surface area contributed by atoms with E-state index < -0.39 is 0 Å². The number of rotatable bonds is 6. The average molecular weight is 282 g/mol. The molecule has 1 fully saturated rings. The third-order valence-electron chi connectivity index (χ3n) is 3.77. The lowest BCUT2D eigenvalue weighted by atomic mass is 10.1. The molecular weight excluding hydrogens is 256 g/mol. The summed E-state index contributed by atoms with van der Waals surface area (Å²) in [5.41, 5.74) is 0. The van der Waals surface area contributed by atoms with Crippen LogP contribution in [0.2, 0.25) is 0 Å². The highest BCUT2D eigenvalue weighted by atomic mass is 32.1. The van der Waals surface area contributed by atoms with Gasteiger partial charge in [-0.25, -0.2) is 4.98 Å². The summed E-state index contributed by atoms with van der Waals surface area (Å²) in [6.45, 7) is 8.94. The van der Waals surface area contributed by atoms with Gasteiger partial charge in [-0.2, -0.15) is 0 Å². The maximum atomic E-state index is 4.44. The molecule has 2 heterocycles. The molecule has 1 aromatic heterocycles. The third-order valence-corrected chi connectivity index (χ3v) is 4.71. The molecule has 0 bridgehead atoms. The quantitative estimate of drug-likeness (QED) is 0.868. The Morgan fingerprint density at radius 3 is 2.89 bits per heavy atom. The molecule has 0 aliphatic carbocycles. The molecule has 0 aromatic carbocycles. The van der Waals surface area contributed by atoms with Gasteiger partial charge in [-0.15, -0.1) is 11.3 Å². The summed E-state index contributed by atoms with van der Waals surface area (Å²) in [5, 5.41) is 4.42. The molecule has 0 saturated carbocycles. The van der Waals surface area contributed by atoms with Crippen LogP contribution in [-0.4, -0.2) is 54.6 Å². The first kappa shape index (κ1) is 14.8. The lowest BCUT2D eigenvalue weighted by Crippen LogP contribution is -2.34. The van der Waals surface area contributed by atoms with Gasteiger partial charge in [0.15, 0.2) is 5.13 Å². The molecule has 1 N–H and O–H groups in total. The predicted octanol–water partition coefficient (Wildman–Crippen LogP) is 2.35. The summed E-state index contributed by atoms with van der Waals surface area (Å²) in [4.78, 5) is 10.7. The van der Waals surface area contributed by atoms with Crippen molar-refractivity contribution in [2.75, 3.05) is 39.0 Å². The standard InChI is InChI=1S/C14H26N4S/c1-5-6-15-14-16-7-12(19-14)9-18-8-11(2)13(10-18)17(3)4/h7,11,13H,5-6,8-10H2,1-4H3,(H,15,16). The van der Waals surface area contributed by atoms with Gasteiger partial charge in [-0.1, -0.05) is 13.8 Å². The van der Waals surface area contributed by atoms with Crippen LogP contribution in [0.25, 0.3) is 0 Å².